The Hall–Kier alpha value is -2.66. The molecule has 1 fully saturated rings. The first-order chi connectivity index (χ1) is 14.3. The van der Waals surface area contributed by atoms with Crippen LogP contribution in [0.4, 0.5) is 5.69 Å². The zero-order chi connectivity index (χ0) is 21.7. The number of nitrogens with zero attached hydrogens (tertiary/aromatic N) is 2. The molecule has 0 aliphatic carbocycles. The van der Waals surface area contributed by atoms with Crippen molar-refractivity contribution in [2.24, 2.45) is 5.92 Å². The first kappa shape index (κ1) is 22.0. The molecular formula is C25H33N3O2. The molecule has 2 amide bonds. The Labute approximate surface area is 180 Å². The van der Waals surface area contributed by atoms with Gasteiger partial charge < -0.3 is 15.1 Å². The first-order valence-corrected chi connectivity index (χ1v) is 10.8. The highest BCUT2D eigenvalue weighted by Gasteiger charge is 2.24. The van der Waals surface area contributed by atoms with Crippen molar-refractivity contribution in [3.63, 3.8) is 0 Å². The monoisotopic (exact) mass is 407 g/mol. The maximum absolute atomic E-state index is 13.0. The molecule has 0 spiro atoms. The maximum Gasteiger partial charge on any atom is 0.256 e. The number of para-hydroxylation sites is 1. The number of likely N-dealkylation sites (N-methyl/N-ethyl adjacent to an activating group) is 1. The second-order valence-corrected chi connectivity index (χ2v) is 8.69. The van der Waals surface area contributed by atoms with Crippen LogP contribution in [0.25, 0.3) is 0 Å². The van der Waals surface area contributed by atoms with Crippen LogP contribution in [-0.4, -0.2) is 54.8 Å². The Morgan fingerprint density at radius 1 is 0.933 bits per heavy atom. The highest BCUT2D eigenvalue weighted by atomic mass is 16.2. The molecule has 1 atom stereocenters. The summed E-state index contributed by atoms with van der Waals surface area (Å²) in [7, 11) is 2.06. The van der Waals surface area contributed by atoms with Gasteiger partial charge in [-0.25, -0.2) is 0 Å². The molecule has 1 unspecified atom stereocenters. The summed E-state index contributed by atoms with van der Waals surface area (Å²) in [5.41, 5.74) is 3.39. The van der Waals surface area contributed by atoms with Crippen LogP contribution in [0.15, 0.2) is 48.5 Å². The van der Waals surface area contributed by atoms with Gasteiger partial charge in [-0.05, 0) is 49.6 Å². The minimum absolute atomic E-state index is 0.0234. The highest BCUT2D eigenvalue weighted by Crippen LogP contribution is 2.23. The summed E-state index contributed by atoms with van der Waals surface area (Å²) >= 11 is 0. The maximum atomic E-state index is 13.0. The van der Waals surface area contributed by atoms with E-state index in [-0.39, 0.29) is 17.7 Å². The van der Waals surface area contributed by atoms with Crippen molar-refractivity contribution in [3.8, 4) is 0 Å². The van der Waals surface area contributed by atoms with Gasteiger partial charge >= 0.3 is 0 Å². The minimum Gasteiger partial charge on any atom is -0.336 e. The lowest BCUT2D eigenvalue weighted by atomic mass is 9.96. The molecule has 1 aliphatic rings. The van der Waals surface area contributed by atoms with Crippen LogP contribution in [0.2, 0.25) is 0 Å². The van der Waals surface area contributed by atoms with Gasteiger partial charge in [0.15, 0.2) is 0 Å². The summed E-state index contributed by atoms with van der Waals surface area (Å²) < 4.78 is 0. The van der Waals surface area contributed by atoms with E-state index in [9.17, 15) is 9.59 Å². The Kier molecular flexibility index (Phi) is 7.27. The zero-order valence-corrected chi connectivity index (χ0v) is 18.5. The fourth-order valence-electron chi connectivity index (χ4n) is 3.76. The third-order valence-electron chi connectivity index (χ3n) is 5.72. The van der Waals surface area contributed by atoms with Gasteiger partial charge in [-0.2, -0.15) is 0 Å². The predicted octanol–water partition coefficient (Wildman–Crippen LogP) is 4.01. The van der Waals surface area contributed by atoms with Crippen LogP contribution in [-0.2, 0) is 11.2 Å². The Morgan fingerprint density at radius 2 is 1.57 bits per heavy atom. The van der Waals surface area contributed by atoms with Crippen LogP contribution in [0.3, 0.4) is 0 Å². The van der Waals surface area contributed by atoms with E-state index in [1.165, 1.54) is 5.56 Å². The fourth-order valence-corrected chi connectivity index (χ4v) is 3.76. The fraction of sp³-hybridized carbons (Fsp3) is 0.440. The van der Waals surface area contributed by atoms with Gasteiger partial charge in [-0.15, -0.1) is 0 Å². The van der Waals surface area contributed by atoms with Crippen molar-refractivity contribution in [1.29, 1.82) is 0 Å². The predicted molar refractivity (Wildman–Crippen MR) is 122 cm³/mol. The molecule has 5 nitrogen and oxygen atoms in total. The third kappa shape index (κ3) is 5.48. The topological polar surface area (TPSA) is 52.7 Å². The minimum atomic E-state index is -0.301. The lowest BCUT2D eigenvalue weighted by Crippen LogP contribution is -2.47. The summed E-state index contributed by atoms with van der Waals surface area (Å²) in [5.74, 6) is 0.172. The van der Waals surface area contributed by atoms with Crippen LogP contribution in [0.5, 0.6) is 0 Å². The molecule has 160 valence electrons. The SMILES string of the molecule is CC(C)Cc1ccc(C(C)C(=O)Nc2ccccc2C(=O)N2CCN(C)CC2)cc1. The number of carbonyl (C=O) groups is 2. The van der Waals surface area contributed by atoms with Gasteiger partial charge in [0.05, 0.1) is 17.2 Å². The average molecular weight is 408 g/mol. The van der Waals surface area contributed by atoms with Crippen LogP contribution in [0.1, 0.15) is 48.2 Å². The van der Waals surface area contributed by atoms with Crippen LogP contribution < -0.4 is 5.32 Å². The molecule has 1 aliphatic heterocycles. The molecule has 1 saturated heterocycles. The quantitative estimate of drug-likeness (QED) is 0.787. The van der Waals surface area contributed by atoms with E-state index in [2.05, 4.69) is 43.2 Å². The number of anilines is 1. The molecule has 0 aromatic heterocycles. The molecule has 3 rings (SSSR count). The van der Waals surface area contributed by atoms with E-state index < -0.39 is 0 Å². The molecule has 0 radical (unpaired) electrons. The van der Waals surface area contributed by atoms with E-state index >= 15 is 0 Å². The molecule has 0 bridgehead atoms. The molecule has 30 heavy (non-hydrogen) atoms. The molecule has 0 saturated carbocycles. The van der Waals surface area contributed by atoms with Crippen molar-refractivity contribution in [2.75, 3.05) is 38.5 Å². The third-order valence-corrected chi connectivity index (χ3v) is 5.72. The summed E-state index contributed by atoms with van der Waals surface area (Å²) in [6.45, 7) is 9.44. The number of nitrogens with one attached hydrogen (secondary N) is 1. The van der Waals surface area contributed by atoms with E-state index in [4.69, 9.17) is 0 Å². The number of rotatable bonds is 6. The van der Waals surface area contributed by atoms with Crippen molar-refractivity contribution < 1.29 is 9.59 Å². The number of piperazine rings is 1. The largest absolute Gasteiger partial charge is 0.336 e. The number of benzene rings is 2. The normalized spacial score (nSPS) is 15.8. The van der Waals surface area contributed by atoms with E-state index in [0.29, 0.717) is 30.3 Å². The Morgan fingerprint density at radius 3 is 2.20 bits per heavy atom. The van der Waals surface area contributed by atoms with Crippen molar-refractivity contribution in [3.05, 3.63) is 65.2 Å². The smallest absolute Gasteiger partial charge is 0.256 e. The van der Waals surface area contributed by atoms with Crippen molar-refractivity contribution in [1.82, 2.24) is 9.80 Å². The summed E-state index contributed by atoms with van der Waals surface area (Å²) in [4.78, 5) is 30.0. The lowest BCUT2D eigenvalue weighted by molar-refractivity contribution is -0.117. The zero-order valence-electron chi connectivity index (χ0n) is 18.5. The van der Waals surface area contributed by atoms with E-state index in [1.54, 1.807) is 12.1 Å². The molecule has 5 heteroatoms. The van der Waals surface area contributed by atoms with Gasteiger partial charge in [-0.1, -0.05) is 50.2 Å². The van der Waals surface area contributed by atoms with Crippen molar-refractivity contribution >= 4 is 17.5 Å². The van der Waals surface area contributed by atoms with E-state index in [1.807, 2.05) is 36.1 Å². The average Bonchev–Trinajstić information content (AvgIpc) is 2.74. The lowest BCUT2D eigenvalue weighted by Gasteiger charge is -2.32. The van der Waals surface area contributed by atoms with Gasteiger partial charge in [0.25, 0.3) is 5.91 Å². The Bertz CT molecular complexity index is 868. The number of amides is 2. The number of carbonyl (C=O) groups excluding carboxylic acids is 2. The Balaban J connectivity index is 1.70. The number of hydrogen-bond acceptors (Lipinski definition) is 3. The summed E-state index contributed by atoms with van der Waals surface area (Å²) in [5, 5.41) is 2.99. The van der Waals surface area contributed by atoms with Gasteiger partial charge in [-0.3, -0.25) is 9.59 Å². The summed E-state index contributed by atoms with van der Waals surface area (Å²) in [6.07, 6.45) is 1.03. The van der Waals surface area contributed by atoms with Gasteiger partial charge in [0.1, 0.15) is 0 Å². The molecule has 1 N–H and O–H groups in total. The van der Waals surface area contributed by atoms with Crippen LogP contribution in [0, 0.1) is 5.92 Å². The molecule has 2 aromatic rings. The standard InChI is InChI=1S/C25H33N3O2/c1-18(2)17-20-9-11-21(12-10-20)19(3)24(29)26-23-8-6-5-7-22(23)25(30)28-15-13-27(4)14-16-28/h5-12,18-19H,13-17H2,1-4H3,(H,26,29). The van der Waals surface area contributed by atoms with Crippen molar-refractivity contribution in [2.45, 2.75) is 33.1 Å². The number of hydrogen-bond donors (Lipinski definition) is 1. The second-order valence-electron chi connectivity index (χ2n) is 8.69. The van der Waals surface area contributed by atoms with Crippen LogP contribution >= 0.6 is 0 Å². The molecular weight excluding hydrogens is 374 g/mol. The summed E-state index contributed by atoms with van der Waals surface area (Å²) in [6, 6.07) is 15.6. The van der Waals surface area contributed by atoms with Gasteiger partial charge in [0.2, 0.25) is 5.91 Å². The first-order valence-electron chi connectivity index (χ1n) is 10.8. The van der Waals surface area contributed by atoms with E-state index in [0.717, 1.165) is 25.1 Å². The molecule has 2 aromatic carbocycles. The van der Waals surface area contributed by atoms with Gasteiger partial charge in [0, 0.05) is 26.2 Å². The second kappa shape index (κ2) is 9.90. The molecule has 1 heterocycles. The highest BCUT2D eigenvalue weighted by molar-refractivity contribution is 6.05.